The highest BCUT2D eigenvalue weighted by molar-refractivity contribution is 7.31. The number of aromatic nitrogens is 5. The van der Waals surface area contributed by atoms with Gasteiger partial charge in [0.05, 0.1) is 31.3 Å². The Morgan fingerprint density at radius 1 is 0.554 bits per heavy atom. The molecule has 12 rings (SSSR count). The van der Waals surface area contributed by atoms with Gasteiger partial charge in [0.1, 0.15) is 27.6 Å². The number of thiazole rings is 2. The molecule has 0 unspecified atom stereocenters. The molecular weight excluding hydrogens is 883 g/mol. The van der Waals surface area contributed by atoms with Crippen molar-refractivity contribution in [1.82, 2.24) is 23.9 Å². The quantitative estimate of drug-likeness (QED) is 0.107. The van der Waals surface area contributed by atoms with E-state index in [-0.39, 0.29) is 31.9 Å². The lowest BCUT2D eigenvalue weighted by molar-refractivity contribution is 0.453. The standard InChI is InChI=1S/C54H45N5OS2Si3/c1-63(2,52-55-33-35-61-52)54(64(3,4)53-56-34-36-62-53)42-25-11-16-31-48(42)60-50-43(54)26-18-32-49(50)65(39-20-7-5-8-21-39,40-22-9-6-10-23-40)41-24-17-19-38(37-41)58-46-29-14-15-30-47(46)59-45-28-13-12-27-44(45)57-51(58)59/h5-37H,1-4H3/i1D3,2D3,3D3,4D3. The highest BCUT2D eigenvalue weighted by atomic mass is 32.1. The minimum absolute atomic E-state index is 0.0202. The van der Waals surface area contributed by atoms with Crippen LogP contribution in [0.15, 0.2) is 199 Å². The third kappa shape index (κ3) is 5.56. The second kappa shape index (κ2) is 15.0. The van der Waals surface area contributed by atoms with Gasteiger partial charge in [0.2, 0.25) is 5.78 Å². The Morgan fingerprint density at radius 2 is 1.12 bits per heavy atom. The van der Waals surface area contributed by atoms with Gasteiger partial charge in [0.15, 0.2) is 8.07 Å². The second-order valence-electron chi connectivity index (χ2n) is 16.3. The fourth-order valence-electron chi connectivity index (χ4n) is 10.4. The molecule has 0 N–H and O–H groups in total. The zero-order valence-corrected chi connectivity index (χ0v) is 39.1. The van der Waals surface area contributed by atoms with Crippen molar-refractivity contribution in [3.05, 3.63) is 210 Å². The maximum absolute atomic E-state index is 9.95. The fraction of sp³-hybridized carbons (Fsp3) is 0.0926. The van der Waals surface area contributed by atoms with E-state index in [1.54, 1.807) is 24.3 Å². The van der Waals surface area contributed by atoms with Gasteiger partial charge >= 0.3 is 0 Å². The zero-order chi connectivity index (χ0) is 54.0. The van der Waals surface area contributed by atoms with Crippen molar-refractivity contribution >= 4 is 105 Å². The van der Waals surface area contributed by atoms with Crippen LogP contribution >= 0.6 is 22.7 Å². The molecule has 316 valence electrons. The van der Waals surface area contributed by atoms with Crippen LogP contribution < -0.4 is 34.7 Å². The summed E-state index contributed by atoms with van der Waals surface area (Å²) in [5, 5.41) is 5.91. The molecule has 0 atom stereocenters. The summed E-state index contributed by atoms with van der Waals surface area (Å²) in [6.45, 7) is -14.3. The molecular formula is C54H45N5OS2Si3. The molecule has 1 aliphatic rings. The summed E-state index contributed by atoms with van der Waals surface area (Å²) in [6.07, 6.45) is 2.60. The first-order valence-electron chi connectivity index (χ1n) is 27.1. The fourth-order valence-corrected chi connectivity index (χ4v) is 25.9. The lowest BCUT2D eigenvalue weighted by Gasteiger charge is -2.56. The number of hydrogen-bond donors (Lipinski definition) is 0. The molecule has 6 nitrogen and oxygen atoms in total. The van der Waals surface area contributed by atoms with Crippen LogP contribution in [-0.4, -0.2) is 48.1 Å². The Bertz CT molecular complexity index is 3880. The number of nitrogens with zero attached hydrogens (tertiary/aromatic N) is 5. The summed E-state index contributed by atoms with van der Waals surface area (Å²) in [5.41, 5.74) is 4.02. The first-order valence-corrected chi connectivity index (χ1v) is 28.8. The highest BCUT2D eigenvalue weighted by Crippen LogP contribution is 2.56. The minimum Gasteiger partial charge on any atom is -0.457 e. The number of para-hydroxylation sites is 6. The second-order valence-corrected chi connectivity index (χ2v) is 28.5. The smallest absolute Gasteiger partial charge is 0.220 e. The van der Waals surface area contributed by atoms with Crippen molar-refractivity contribution in [2.45, 2.75) is 30.6 Å². The van der Waals surface area contributed by atoms with Crippen LogP contribution in [0.1, 0.15) is 27.6 Å². The van der Waals surface area contributed by atoms with E-state index in [0.717, 1.165) is 66.0 Å². The Morgan fingerprint density at radius 3 is 1.78 bits per heavy atom. The van der Waals surface area contributed by atoms with E-state index in [9.17, 15) is 16.4 Å². The lowest BCUT2D eigenvalue weighted by Crippen LogP contribution is -2.77. The van der Waals surface area contributed by atoms with Crippen LogP contribution in [0.3, 0.4) is 0 Å². The average molecular weight is 940 g/mol. The zero-order valence-electron chi connectivity index (χ0n) is 46.5. The Labute approximate surface area is 406 Å². The number of fused-ring (bicyclic) bond motifs is 7. The van der Waals surface area contributed by atoms with Gasteiger partial charge in [-0.3, -0.25) is 18.9 Å². The van der Waals surface area contributed by atoms with Gasteiger partial charge in [-0.1, -0.05) is 159 Å². The van der Waals surface area contributed by atoms with Gasteiger partial charge in [-0.25, -0.2) is 4.98 Å². The molecule has 0 saturated heterocycles. The summed E-state index contributed by atoms with van der Waals surface area (Å²) in [5.74, 6) is 0.587. The normalized spacial score (nSPS) is 17.3. The van der Waals surface area contributed by atoms with Crippen molar-refractivity contribution < 1.29 is 21.2 Å². The summed E-state index contributed by atoms with van der Waals surface area (Å²) in [6, 6.07) is 55.2. The van der Waals surface area contributed by atoms with Gasteiger partial charge in [-0.05, 0) is 63.2 Å². The predicted octanol–water partition coefficient (Wildman–Crippen LogP) is 9.42. The third-order valence-corrected chi connectivity index (χ3v) is 28.6. The van der Waals surface area contributed by atoms with Crippen molar-refractivity contribution in [3.63, 3.8) is 0 Å². The summed E-state index contributed by atoms with van der Waals surface area (Å²) < 4.78 is 127. The molecule has 4 aromatic heterocycles. The lowest BCUT2D eigenvalue weighted by atomic mass is 9.98. The molecule has 0 bridgehead atoms. The van der Waals surface area contributed by atoms with Gasteiger partial charge in [-0.2, -0.15) is 0 Å². The number of ether oxygens (including phenoxy) is 1. The maximum Gasteiger partial charge on any atom is 0.220 e. The summed E-state index contributed by atoms with van der Waals surface area (Å²) in [4.78, 5) is 14.4. The van der Waals surface area contributed by atoms with Crippen LogP contribution in [0.2, 0.25) is 25.9 Å². The average Bonchev–Trinajstić information content (AvgIpc) is 4.41. The van der Waals surface area contributed by atoms with E-state index in [0.29, 0.717) is 11.0 Å². The van der Waals surface area contributed by atoms with Gasteiger partial charge in [0.25, 0.3) is 0 Å². The maximum atomic E-state index is 9.95. The van der Waals surface area contributed by atoms with Crippen LogP contribution in [0.25, 0.3) is 33.5 Å². The molecule has 11 aromatic rings. The van der Waals surface area contributed by atoms with Crippen molar-refractivity contribution in [2.75, 3.05) is 0 Å². The number of benzene rings is 7. The van der Waals surface area contributed by atoms with E-state index in [2.05, 4.69) is 31.1 Å². The third-order valence-electron chi connectivity index (χ3n) is 13.0. The Balaban J connectivity index is 1.31. The molecule has 0 spiro atoms. The predicted molar refractivity (Wildman–Crippen MR) is 279 cm³/mol. The van der Waals surface area contributed by atoms with E-state index >= 15 is 0 Å². The summed E-state index contributed by atoms with van der Waals surface area (Å²) >= 11 is 1.58. The molecule has 0 saturated carbocycles. The van der Waals surface area contributed by atoms with Crippen LogP contribution in [-0.2, 0) is 4.66 Å². The number of imidazole rings is 2. The largest absolute Gasteiger partial charge is 0.457 e. The first kappa shape index (κ1) is 29.1. The molecule has 7 aromatic carbocycles. The topological polar surface area (TPSA) is 57.2 Å². The SMILES string of the molecule is [2H]C([2H])([2H])[Si](c1nccs1)(C([2H])([2H])[2H])C1([Si](c2nccs2)(C([2H])([2H])[2H])C([2H])([2H])[2H])c2ccccc2Oc2c1cccc2[Si](c1ccccc1)(c1ccccc1)c1cccc(-n2c3ccccc3n3c4ccccc4nc23)c1. The van der Waals surface area contributed by atoms with E-state index in [1.165, 1.54) is 35.3 Å². The van der Waals surface area contributed by atoms with Gasteiger partial charge in [-0.15, -0.1) is 22.7 Å². The van der Waals surface area contributed by atoms with Crippen molar-refractivity contribution in [3.8, 4) is 17.2 Å². The Hall–Kier alpha value is -6.48. The molecule has 65 heavy (non-hydrogen) atoms. The Kier molecular flexibility index (Phi) is 6.74. The summed E-state index contributed by atoms with van der Waals surface area (Å²) in [7, 11) is -16.2. The molecule has 1 aliphatic heterocycles. The number of rotatable bonds is 9. The van der Waals surface area contributed by atoms with Crippen LogP contribution in [0.4, 0.5) is 0 Å². The van der Waals surface area contributed by atoms with Crippen LogP contribution in [0.5, 0.6) is 11.5 Å². The van der Waals surface area contributed by atoms with Crippen molar-refractivity contribution in [2.24, 2.45) is 0 Å². The monoisotopic (exact) mass is 939 g/mol. The molecule has 0 fully saturated rings. The minimum atomic E-state index is -6.08. The molecule has 5 heterocycles. The molecule has 0 radical (unpaired) electrons. The first-order chi connectivity index (χ1) is 36.8. The van der Waals surface area contributed by atoms with Gasteiger partial charge < -0.3 is 4.74 Å². The highest BCUT2D eigenvalue weighted by Gasteiger charge is 2.66. The molecule has 11 heteroatoms. The molecule has 0 amide bonds. The molecule has 0 aliphatic carbocycles. The van der Waals surface area contributed by atoms with E-state index in [1.807, 2.05) is 127 Å². The number of hydrogen-bond acceptors (Lipinski definition) is 6. The van der Waals surface area contributed by atoms with E-state index in [4.69, 9.17) is 9.72 Å². The van der Waals surface area contributed by atoms with Crippen LogP contribution in [0, 0.1) is 0 Å². The van der Waals surface area contributed by atoms with E-state index < -0.39 is 54.8 Å². The van der Waals surface area contributed by atoms with Crippen molar-refractivity contribution in [1.29, 1.82) is 0 Å². The van der Waals surface area contributed by atoms with Gasteiger partial charge in [0, 0.05) is 61.1 Å².